The fourth-order valence-electron chi connectivity index (χ4n) is 1.70. The third kappa shape index (κ3) is 3.56. The summed E-state index contributed by atoms with van der Waals surface area (Å²) >= 11 is 5.97. The second kappa shape index (κ2) is 6.50. The SMILES string of the molecule is O=C(O)c1ccc(F)c(COCc2ccccc2Cl)c1. The molecule has 0 amide bonds. The number of hydrogen-bond donors (Lipinski definition) is 1. The zero-order valence-corrected chi connectivity index (χ0v) is 11.2. The van der Waals surface area contributed by atoms with Crippen molar-refractivity contribution < 1.29 is 19.0 Å². The van der Waals surface area contributed by atoms with Gasteiger partial charge < -0.3 is 9.84 Å². The smallest absolute Gasteiger partial charge is 0.335 e. The van der Waals surface area contributed by atoms with Crippen molar-refractivity contribution in [3.8, 4) is 0 Å². The van der Waals surface area contributed by atoms with Crippen LogP contribution in [0.4, 0.5) is 4.39 Å². The number of carboxylic acids is 1. The third-order valence-electron chi connectivity index (χ3n) is 2.77. The second-order valence-electron chi connectivity index (χ2n) is 4.20. The summed E-state index contributed by atoms with van der Waals surface area (Å²) in [5.74, 6) is -1.59. The topological polar surface area (TPSA) is 46.5 Å². The number of carboxylic acid groups (broad SMARTS) is 1. The molecule has 0 heterocycles. The fourth-order valence-corrected chi connectivity index (χ4v) is 1.90. The van der Waals surface area contributed by atoms with Crippen molar-refractivity contribution in [2.24, 2.45) is 0 Å². The Morgan fingerprint density at radius 1 is 1.15 bits per heavy atom. The van der Waals surface area contributed by atoms with Crippen LogP contribution in [0.3, 0.4) is 0 Å². The molecule has 3 nitrogen and oxygen atoms in total. The van der Waals surface area contributed by atoms with E-state index < -0.39 is 11.8 Å². The van der Waals surface area contributed by atoms with E-state index in [4.69, 9.17) is 21.4 Å². The van der Waals surface area contributed by atoms with E-state index in [0.29, 0.717) is 5.02 Å². The van der Waals surface area contributed by atoms with Gasteiger partial charge in [-0.05, 0) is 29.8 Å². The molecule has 0 saturated carbocycles. The largest absolute Gasteiger partial charge is 0.478 e. The molecule has 0 radical (unpaired) electrons. The van der Waals surface area contributed by atoms with Gasteiger partial charge in [0, 0.05) is 10.6 Å². The van der Waals surface area contributed by atoms with Crippen LogP contribution in [0.15, 0.2) is 42.5 Å². The van der Waals surface area contributed by atoms with Crippen LogP contribution in [0.1, 0.15) is 21.5 Å². The summed E-state index contributed by atoms with van der Waals surface area (Å²) in [5, 5.41) is 9.44. The Bertz CT molecular complexity index is 628. The zero-order chi connectivity index (χ0) is 14.5. The van der Waals surface area contributed by atoms with Crippen LogP contribution in [-0.4, -0.2) is 11.1 Å². The highest BCUT2D eigenvalue weighted by atomic mass is 35.5. The monoisotopic (exact) mass is 294 g/mol. The van der Waals surface area contributed by atoms with Crippen LogP contribution in [0.25, 0.3) is 0 Å². The van der Waals surface area contributed by atoms with Crippen LogP contribution < -0.4 is 0 Å². The van der Waals surface area contributed by atoms with Gasteiger partial charge in [0.15, 0.2) is 0 Å². The molecule has 0 unspecified atom stereocenters. The summed E-state index contributed by atoms with van der Waals surface area (Å²) in [7, 11) is 0. The van der Waals surface area contributed by atoms with Gasteiger partial charge in [-0.25, -0.2) is 9.18 Å². The Morgan fingerprint density at radius 2 is 1.85 bits per heavy atom. The lowest BCUT2D eigenvalue weighted by Gasteiger charge is -2.08. The van der Waals surface area contributed by atoms with Crippen molar-refractivity contribution in [3.05, 3.63) is 70.0 Å². The van der Waals surface area contributed by atoms with Gasteiger partial charge in [-0.2, -0.15) is 0 Å². The van der Waals surface area contributed by atoms with Gasteiger partial charge in [0.1, 0.15) is 5.82 Å². The first-order chi connectivity index (χ1) is 9.58. The van der Waals surface area contributed by atoms with E-state index in [1.54, 1.807) is 6.07 Å². The summed E-state index contributed by atoms with van der Waals surface area (Å²) < 4.78 is 18.9. The Kier molecular flexibility index (Phi) is 4.71. The summed E-state index contributed by atoms with van der Waals surface area (Å²) in [6.07, 6.45) is 0. The molecule has 0 atom stereocenters. The Balaban J connectivity index is 2.02. The summed E-state index contributed by atoms with van der Waals surface area (Å²) in [6, 6.07) is 10.8. The molecular weight excluding hydrogens is 283 g/mol. The number of halogens is 2. The number of carbonyl (C=O) groups is 1. The predicted molar refractivity (Wildman–Crippen MR) is 73.3 cm³/mol. The lowest BCUT2D eigenvalue weighted by molar-refractivity contribution is 0.0696. The molecule has 0 bridgehead atoms. The molecule has 0 aliphatic heterocycles. The molecule has 0 spiro atoms. The highest BCUT2D eigenvalue weighted by Gasteiger charge is 2.09. The van der Waals surface area contributed by atoms with Gasteiger partial charge in [0.05, 0.1) is 18.8 Å². The lowest BCUT2D eigenvalue weighted by Crippen LogP contribution is -2.02. The number of ether oxygens (including phenoxy) is 1. The second-order valence-corrected chi connectivity index (χ2v) is 4.60. The van der Waals surface area contributed by atoms with Crippen molar-refractivity contribution in [2.45, 2.75) is 13.2 Å². The average molecular weight is 295 g/mol. The predicted octanol–water partition coefficient (Wildman–Crippen LogP) is 3.89. The average Bonchev–Trinajstić information content (AvgIpc) is 2.42. The molecule has 0 aliphatic rings. The van der Waals surface area contributed by atoms with Gasteiger partial charge in [-0.3, -0.25) is 0 Å². The van der Waals surface area contributed by atoms with E-state index in [-0.39, 0.29) is 24.3 Å². The molecular formula is C15H12ClFO3. The van der Waals surface area contributed by atoms with E-state index >= 15 is 0 Å². The number of benzene rings is 2. The van der Waals surface area contributed by atoms with Crippen LogP contribution in [0.5, 0.6) is 0 Å². The first kappa shape index (κ1) is 14.5. The lowest BCUT2D eigenvalue weighted by atomic mass is 10.1. The van der Waals surface area contributed by atoms with E-state index in [2.05, 4.69) is 0 Å². The van der Waals surface area contributed by atoms with Gasteiger partial charge in [-0.15, -0.1) is 0 Å². The minimum atomic E-state index is -1.10. The van der Waals surface area contributed by atoms with Crippen LogP contribution in [0, 0.1) is 5.82 Å². The van der Waals surface area contributed by atoms with Crippen LogP contribution in [0.2, 0.25) is 5.02 Å². The molecule has 0 aromatic heterocycles. The minimum absolute atomic E-state index is 0.0157. The molecule has 2 aromatic rings. The molecule has 0 fully saturated rings. The van der Waals surface area contributed by atoms with E-state index in [1.807, 2.05) is 18.2 Å². The normalized spacial score (nSPS) is 10.5. The zero-order valence-electron chi connectivity index (χ0n) is 10.5. The van der Waals surface area contributed by atoms with Crippen molar-refractivity contribution in [3.63, 3.8) is 0 Å². The quantitative estimate of drug-likeness (QED) is 0.910. The van der Waals surface area contributed by atoms with Crippen molar-refractivity contribution in [1.29, 1.82) is 0 Å². The molecule has 5 heteroatoms. The maximum Gasteiger partial charge on any atom is 0.335 e. The summed E-state index contributed by atoms with van der Waals surface area (Å²) in [6.45, 7) is 0.217. The molecule has 1 N–H and O–H groups in total. The van der Waals surface area contributed by atoms with Gasteiger partial charge in [0.25, 0.3) is 0 Å². The Hall–Kier alpha value is -1.91. The molecule has 0 aliphatic carbocycles. The van der Waals surface area contributed by atoms with E-state index in [9.17, 15) is 9.18 Å². The van der Waals surface area contributed by atoms with Gasteiger partial charge >= 0.3 is 5.97 Å². The molecule has 2 rings (SSSR count). The maximum atomic E-state index is 13.5. The fraction of sp³-hybridized carbons (Fsp3) is 0.133. The van der Waals surface area contributed by atoms with E-state index in [0.717, 1.165) is 11.6 Å². The summed E-state index contributed by atoms with van der Waals surface area (Å²) in [5.41, 5.74) is 1.03. The Labute approximate surface area is 120 Å². The highest BCUT2D eigenvalue weighted by molar-refractivity contribution is 6.31. The highest BCUT2D eigenvalue weighted by Crippen LogP contribution is 2.17. The Morgan fingerprint density at radius 3 is 2.55 bits per heavy atom. The van der Waals surface area contributed by atoms with E-state index in [1.165, 1.54) is 12.1 Å². The third-order valence-corrected chi connectivity index (χ3v) is 3.13. The number of aromatic carboxylic acids is 1. The number of hydrogen-bond acceptors (Lipinski definition) is 2. The van der Waals surface area contributed by atoms with Crippen molar-refractivity contribution in [1.82, 2.24) is 0 Å². The standard InChI is InChI=1S/C15H12ClFO3/c16-13-4-2-1-3-11(13)8-20-9-12-7-10(15(18)19)5-6-14(12)17/h1-7H,8-9H2,(H,18,19). The first-order valence-electron chi connectivity index (χ1n) is 5.91. The van der Waals surface area contributed by atoms with Crippen LogP contribution in [-0.2, 0) is 18.0 Å². The van der Waals surface area contributed by atoms with Gasteiger partial charge in [0.2, 0.25) is 0 Å². The van der Waals surface area contributed by atoms with Gasteiger partial charge in [-0.1, -0.05) is 29.8 Å². The maximum absolute atomic E-state index is 13.5. The number of rotatable bonds is 5. The molecule has 20 heavy (non-hydrogen) atoms. The minimum Gasteiger partial charge on any atom is -0.478 e. The molecule has 2 aromatic carbocycles. The molecule has 104 valence electrons. The van der Waals surface area contributed by atoms with Crippen molar-refractivity contribution >= 4 is 17.6 Å². The van der Waals surface area contributed by atoms with Crippen LogP contribution >= 0.6 is 11.6 Å². The summed E-state index contributed by atoms with van der Waals surface area (Å²) in [4.78, 5) is 10.8. The molecule has 0 saturated heterocycles. The van der Waals surface area contributed by atoms with Crippen molar-refractivity contribution in [2.75, 3.05) is 0 Å². The first-order valence-corrected chi connectivity index (χ1v) is 6.28.